The third-order valence-electron chi connectivity index (χ3n) is 4.20. The minimum atomic E-state index is 0.440. The van der Waals surface area contributed by atoms with Crippen LogP contribution in [0, 0.1) is 6.92 Å². The summed E-state index contributed by atoms with van der Waals surface area (Å²) in [4.78, 5) is 16.1. The van der Waals surface area contributed by atoms with Gasteiger partial charge in [0.2, 0.25) is 0 Å². The molecular formula is C17H23N5. The van der Waals surface area contributed by atoms with E-state index < -0.39 is 0 Å². The standard InChI is InChI=1S/C17H23N5/c1-3-22-11-5-7-14(12-22)16-17(19-10-9-18-16)21-15-8-4-6-13(2)20-15/h4,6,8-10,14H,3,5,7,11-12H2,1-2H3,(H,19,20,21). The van der Waals surface area contributed by atoms with Crippen molar-refractivity contribution >= 4 is 11.6 Å². The van der Waals surface area contributed by atoms with E-state index in [9.17, 15) is 0 Å². The molecule has 1 fully saturated rings. The summed E-state index contributed by atoms with van der Waals surface area (Å²) in [5.41, 5.74) is 2.05. The lowest BCUT2D eigenvalue weighted by atomic mass is 9.94. The Hall–Kier alpha value is -2.01. The maximum absolute atomic E-state index is 4.61. The van der Waals surface area contributed by atoms with Gasteiger partial charge in [0.25, 0.3) is 0 Å². The summed E-state index contributed by atoms with van der Waals surface area (Å²) in [6.07, 6.45) is 5.92. The second-order valence-corrected chi connectivity index (χ2v) is 5.81. The summed E-state index contributed by atoms with van der Waals surface area (Å²) >= 11 is 0. The van der Waals surface area contributed by atoms with E-state index >= 15 is 0 Å². The van der Waals surface area contributed by atoms with Crippen LogP contribution >= 0.6 is 0 Å². The summed E-state index contributed by atoms with van der Waals surface area (Å²) in [6, 6.07) is 5.95. The van der Waals surface area contributed by atoms with Crippen molar-refractivity contribution in [3.8, 4) is 0 Å². The number of aryl methyl sites for hydroxylation is 1. The Morgan fingerprint density at radius 3 is 2.95 bits per heavy atom. The number of nitrogens with one attached hydrogen (secondary N) is 1. The first kappa shape index (κ1) is 14.9. The van der Waals surface area contributed by atoms with Crippen LogP contribution in [0.3, 0.4) is 0 Å². The van der Waals surface area contributed by atoms with E-state index in [1.54, 1.807) is 12.4 Å². The van der Waals surface area contributed by atoms with E-state index in [1.165, 1.54) is 19.4 Å². The van der Waals surface area contributed by atoms with E-state index in [1.807, 2.05) is 25.1 Å². The minimum Gasteiger partial charge on any atom is -0.323 e. The fraction of sp³-hybridized carbons (Fsp3) is 0.471. The molecule has 1 atom stereocenters. The Kier molecular flexibility index (Phi) is 4.63. The monoisotopic (exact) mass is 297 g/mol. The molecular weight excluding hydrogens is 274 g/mol. The van der Waals surface area contributed by atoms with Crippen molar-refractivity contribution < 1.29 is 0 Å². The number of pyridine rings is 1. The van der Waals surface area contributed by atoms with E-state index in [-0.39, 0.29) is 0 Å². The SMILES string of the molecule is CCN1CCCC(c2nccnc2Nc2cccc(C)n2)C1. The van der Waals surface area contributed by atoms with Crippen LogP contribution in [0.5, 0.6) is 0 Å². The van der Waals surface area contributed by atoms with E-state index in [2.05, 4.69) is 32.1 Å². The van der Waals surface area contributed by atoms with Crippen LogP contribution in [0.15, 0.2) is 30.6 Å². The van der Waals surface area contributed by atoms with Crippen LogP contribution in [0.4, 0.5) is 11.6 Å². The minimum absolute atomic E-state index is 0.440. The Balaban J connectivity index is 1.83. The highest BCUT2D eigenvalue weighted by atomic mass is 15.1. The second-order valence-electron chi connectivity index (χ2n) is 5.81. The maximum Gasteiger partial charge on any atom is 0.153 e. The average molecular weight is 297 g/mol. The summed E-state index contributed by atoms with van der Waals surface area (Å²) in [6.45, 7) is 7.55. The van der Waals surface area contributed by atoms with Gasteiger partial charge in [-0.3, -0.25) is 4.98 Å². The molecule has 1 aliphatic heterocycles. The average Bonchev–Trinajstić information content (AvgIpc) is 2.55. The lowest BCUT2D eigenvalue weighted by Gasteiger charge is -2.32. The lowest BCUT2D eigenvalue weighted by Crippen LogP contribution is -2.34. The highest BCUT2D eigenvalue weighted by Crippen LogP contribution is 2.30. The van der Waals surface area contributed by atoms with E-state index in [0.29, 0.717) is 5.92 Å². The van der Waals surface area contributed by atoms with Gasteiger partial charge in [-0.1, -0.05) is 13.0 Å². The number of likely N-dealkylation sites (tertiary alicyclic amines) is 1. The van der Waals surface area contributed by atoms with Crippen molar-refractivity contribution in [2.75, 3.05) is 25.0 Å². The molecule has 2 aromatic rings. The van der Waals surface area contributed by atoms with Gasteiger partial charge >= 0.3 is 0 Å². The van der Waals surface area contributed by atoms with Gasteiger partial charge in [0, 0.05) is 30.6 Å². The third kappa shape index (κ3) is 3.42. The maximum atomic E-state index is 4.61. The molecule has 1 saturated heterocycles. The van der Waals surface area contributed by atoms with Crippen molar-refractivity contribution in [3.63, 3.8) is 0 Å². The van der Waals surface area contributed by atoms with Crippen molar-refractivity contribution in [2.24, 2.45) is 0 Å². The molecule has 0 spiro atoms. The van der Waals surface area contributed by atoms with Gasteiger partial charge in [-0.15, -0.1) is 0 Å². The van der Waals surface area contributed by atoms with Crippen LogP contribution in [-0.4, -0.2) is 39.5 Å². The molecule has 1 aliphatic rings. The number of likely N-dealkylation sites (N-methyl/N-ethyl adjacent to an activating group) is 1. The highest BCUT2D eigenvalue weighted by molar-refractivity contribution is 5.54. The predicted octanol–water partition coefficient (Wildman–Crippen LogP) is 3.12. The first-order valence-corrected chi connectivity index (χ1v) is 8.00. The number of aromatic nitrogens is 3. The quantitative estimate of drug-likeness (QED) is 0.939. The molecule has 22 heavy (non-hydrogen) atoms. The zero-order valence-electron chi connectivity index (χ0n) is 13.3. The molecule has 0 bridgehead atoms. The van der Waals surface area contributed by atoms with Crippen molar-refractivity contribution in [3.05, 3.63) is 42.0 Å². The summed E-state index contributed by atoms with van der Waals surface area (Å²) in [5, 5.41) is 3.34. The molecule has 2 aromatic heterocycles. The molecule has 116 valence electrons. The summed E-state index contributed by atoms with van der Waals surface area (Å²) in [7, 11) is 0. The largest absolute Gasteiger partial charge is 0.323 e. The molecule has 0 radical (unpaired) electrons. The zero-order valence-corrected chi connectivity index (χ0v) is 13.3. The first-order valence-electron chi connectivity index (χ1n) is 8.00. The van der Waals surface area contributed by atoms with Gasteiger partial charge in [0.05, 0.1) is 5.69 Å². The molecule has 3 heterocycles. The highest BCUT2D eigenvalue weighted by Gasteiger charge is 2.24. The Morgan fingerprint density at radius 2 is 2.14 bits per heavy atom. The van der Waals surface area contributed by atoms with Crippen LogP contribution in [0.2, 0.25) is 0 Å². The number of rotatable bonds is 4. The topological polar surface area (TPSA) is 53.9 Å². The molecule has 0 saturated carbocycles. The van der Waals surface area contributed by atoms with Crippen LogP contribution in [-0.2, 0) is 0 Å². The van der Waals surface area contributed by atoms with Crippen LogP contribution in [0.25, 0.3) is 0 Å². The van der Waals surface area contributed by atoms with E-state index in [0.717, 1.165) is 36.1 Å². The Morgan fingerprint density at radius 1 is 1.27 bits per heavy atom. The predicted molar refractivity (Wildman–Crippen MR) is 88.4 cm³/mol. The fourth-order valence-electron chi connectivity index (χ4n) is 3.04. The normalized spacial score (nSPS) is 19.1. The molecule has 5 heteroatoms. The Labute approximate surface area is 131 Å². The third-order valence-corrected chi connectivity index (χ3v) is 4.20. The molecule has 5 nitrogen and oxygen atoms in total. The number of hydrogen-bond acceptors (Lipinski definition) is 5. The zero-order chi connectivity index (χ0) is 15.4. The van der Waals surface area contributed by atoms with Gasteiger partial charge in [0.1, 0.15) is 5.82 Å². The van der Waals surface area contributed by atoms with Crippen LogP contribution < -0.4 is 5.32 Å². The second kappa shape index (κ2) is 6.83. The molecule has 0 aliphatic carbocycles. The Bertz CT molecular complexity index is 628. The summed E-state index contributed by atoms with van der Waals surface area (Å²) < 4.78 is 0. The summed E-state index contributed by atoms with van der Waals surface area (Å²) in [5.74, 6) is 2.10. The van der Waals surface area contributed by atoms with Crippen LogP contribution in [0.1, 0.15) is 37.1 Å². The van der Waals surface area contributed by atoms with Gasteiger partial charge in [-0.05, 0) is 45.0 Å². The van der Waals surface area contributed by atoms with Gasteiger partial charge < -0.3 is 10.2 Å². The molecule has 1 unspecified atom stereocenters. The molecule has 0 aromatic carbocycles. The number of anilines is 2. The first-order chi connectivity index (χ1) is 10.8. The molecule has 3 rings (SSSR count). The molecule has 0 amide bonds. The number of hydrogen-bond donors (Lipinski definition) is 1. The number of nitrogens with zero attached hydrogens (tertiary/aromatic N) is 4. The van der Waals surface area contributed by atoms with Crippen molar-refractivity contribution in [1.29, 1.82) is 0 Å². The van der Waals surface area contributed by atoms with Gasteiger partial charge in [-0.25, -0.2) is 9.97 Å². The fourth-order valence-corrected chi connectivity index (χ4v) is 3.04. The van der Waals surface area contributed by atoms with Crippen molar-refractivity contribution in [1.82, 2.24) is 19.9 Å². The van der Waals surface area contributed by atoms with E-state index in [4.69, 9.17) is 0 Å². The van der Waals surface area contributed by atoms with Gasteiger partial charge in [0.15, 0.2) is 5.82 Å². The molecule has 1 N–H and O–H groups in total. The smallest absolute Gasteiger partial charge is 0.153 e. The van der Waals surface area contributed by atoms with Gasteiger partial charge in [-0.2, -0.15) is 0 Å². The number of piperidine rings is 1. The lowest BCUT2D eigenvalue weighted by molar-refractivity contribution is 0.216. The van der Waals surface area contributed by atoms with Crippen molar-refractivity contribution in [2.45, 2.75) is 32.6 Å².